The van der Waals surface area contributed by atoms with Crippen LogP contribution in [0.2, 0.25) is 0 Å². The van der Waals surface area contributed by atoms with E-state index in [1.165, 1.54) is 16.7 Å². The molecule has 0 spiro atoms. The third-order valence-corrected chi connectivity index (χ3v) is 6.64. The minimum atomic E-state index is 0.229. The minimum Gasteiger partial charge on any atom is -0.497 e. The molecule has 4 aromatic carbocycles. The second kappa shape index (κ2) is 11.8. The van der Waals surface area contributed by atoms with E-state index >= 15 is 0 Å². The summed E-state index contributed by atoms with van der Waals surface area (Å²) in [4.78, 5) is 0. The Bertz CT molecular complexity index is 1380. The van der Waals surface area contributed by atoms with Gasteiger partial charge in [-0.2, -0.15) is 0 Å². The zero-order chi connectivity index (χ0) is 26.3. The molecule has 5 rings (SSSR count). The van der Waals surface area contributed by atoms with Crippen molar-refractivity contribution < 1.29 is 28.4 Å². The van der Waals surface area contributed by atoms with Gasteiger partial charge in [-0.15, -0.1) is 0 Å². The molecule has 0 fully saturated rings. The van der Waals surface area contributed by atoms with E-state index in [9.17, 15) is 0 Å². The Hall–Kier alpha value is -4.32. The van der Waals surface area contributed by atoms with Gasteiger partial charge in [-0.05, 0) is 96.5 Å². The van der Waals surface area contributed by atoms with Crippen LogP contribution in [0.4, 0.5) is 0 Å². The largest absolute Gasteiger partial charge is 0.497 e. The highest BCUT2D eigenvalue weighted by atomic mass is 16.7. The van der Waals surface area contributed by atoms with Crippen LogP contribution in [0.5, 0.6) is 40.2 Å². The monoisotopic (exact) mass is 512 g/mol. The van der Waals surface area contributed by atoms with Crippen LogP contribution in [0.15, 0.2) is 78.9 Å². The van der Waals surface area contributed by atoms with Crippen LogP contribution in [0, 0.1) is 0 Å². The van der Waals surface area contributed by atoms with Gasteiger partial charge in [0.05, 0.1) is 21.3 Å². The Labute approximate surface area is 223 Å². The number of aryl methyl sites for hydroxylation is 4. The molecular formula is C32H32O6. The normalized spacial score (nSPS) is 11.8. The van der Waals surface area contributed by atoms with E-state index in [-0.39, 0.29) is 6.79 Å². The molecular weight excluding hydrogens is 480 g/mol. The molecule has 6 heteroatoms. The zero-order valence-electron chi connectivity index (χ0n) is 22.0. The molecule has 196 valence electrons. The molecule has 0 saturated heterocycles. The first-order chi connectivity index (χ1) is 18.6. The van der Waals surface area contributed by atoms with Crippen molar-refractivity contribution in [2.45, 2.75) is 25.7 Å². The third kappa shape index (κ3) is 5.97. The van der Waals surface area contributed by atoms with Crippen molar-refractivity contribution in [1.82, 2.24) is 0 Å². The zero-order valence-corrected chi connectivity index (χ0v) is 22.0. The topological polar surface area (TPSA) is 55.4 Å². The molecule has 4 aromatic rings. The molecule has 0 aromatic heterocycles. The van der Waals surface area contributed by atoms with E-state index in [0.29, 0.717) is 23.0 Å². The summed E-state index contributed by atoms with van der Waals surface area (Å²) in [6.45, 7) is 0.229. The van der Waals surface area contributed by atoms with Gasteiger partial charge in [0.15, 0.2) is 23.0 Å². The van der Waals surface area contributed by atoms with Gasteiger partial charge in [0, 0.05) is 0 Å². The Morgan fingerprint density at radius 1 is 0.553 bits per heavy atom. The summed E-state index contributed by atoms with van der Waals surface area (Å²) >= 11 is 0. The lowest BCUT2D eigenvalue weighted by Crippen LogP contribution is -1.96. The number of fused-ring (bicyclic) bond motifs is 1. The molecule has 1 aliphatic rings. The van der Waals surface area contributed by atoms with Gasteiger partial charge in [-0.3, -0.25) is 0 Å². The van der Waals surface area contributed by atoms with Crippen molar-refractivity contribution >= 4 is 0 Å². The summed E-state index contributed by atoms with van der Waals surface area (Å²) < 4.78 is 33.6. The first-order valence-electron chi connectivity index (χ1n) is 12.7. The first kappa shape index (κ1) is 25.3. The fourth-order valence-corrected chi connectivity index (χ4v) is 4.54. The lowest BCUT2D eigenvalue weighted by Gasteiger charge is -2.13. The SMILES string of the molecule is COc1cccc(CCc2ccc(OC)c(Oc3ccc(CCc4cc(OC)c5c(c4)OCO5)cc3)c2)c1. The summed E-state index contributed by atoms with van der Waals surface area (Å²) in [7, 11) is 4.99. The fourth-order valence-electron chi connectivity index (χ4n) is 4.54. The number of methoxy groups -OCH3 is 3. The van der Waals surface area contributed by atoms with Crippen molar-refractivity contribution in [3.05, 3.63) is 101 Å². The summed E-state index contributed by atoms with van der Waals surface area (Å²) in [5.41, 5.74) is 4.77. The lowest BCUT2D eigenvalue weighted by atomic mass is 10.0. The first-order valence-corrected chi connectivity index (χ1v) is 12.7. The highest BCUT2D eigenvalue weighted by molar-refractivity contribution is 5.55. The van der Waals surface area contributed by atoms with E-state index < -0.39 is 0 Å². The predicted molar refractivity (Wildman–Crippen MR) is 146 cm³/mol. The smallest absolute Gasteiger partial charge is 0.231 e. The molecule has 1 heterocycles. The molecule has 0 saturated carbocycles. The van der Waals surface area contributed by atoms with Crippen molar-refractivity contribution in [3.63, 3.8) is 0 Å². The summed E-state index contributed by atoms with van der Waals surface area (Å²) in [6, 6.07) is 26.5. The van der Waals surface area contributed by atoms with E-state index in [0.717, 1.165) is 48.5 Å². The Balaban J connectivity index is 1.22. The van der Waals surface area contributed by atoms with Gasteiger partial charge in [-0.25, -0.2) is 0 Å². The molecule has 0 amide bonds. The van der Waals surface area contributed by atoms with E-state index in [4.69, 9.17) is 28.4 Å². The Kier molecular flexibility index (Phi) is 7.88. The van der Waals surface area contributed by atoms with Crippen LogP contribution >= 0.6 is 0 Å². The van der Waals surface area contributed by atoms with Crippen LogP contribution < -0.4 is 28.4 Å². The molecule has 6 nitrogen and oxygen atoms in total. The number of rotatable bonds is 11. The summed E-state index contributed by atoms with van der Waals surface area (Å²) in [5.74, 6) is 5.17. The van der Waals surface area contributed by atoms with E-state index in [2.05, 4.69) is 36.4 Å². The van der Waals surface area contributed by atoms with Crippen molar-refractivity contribution in [3.8, 4) is 40.2 Å². The van der Waals surface area contributed by atoms with Crippen molar-refractivity contribution in [2.24, 2.45) is 0 Å². The molecule has 38 heavy (non-hydrogen) atoms. The molecule has 0 unspecified atom stereocenters. The standard InChI is InChI=1S/C32H32O6/c1-33-27-6-4-5-23(17-27)8-9-24-13-16-28(34-2)29(18-24)38-26-14-11-22(12-15-26)7-10-25-19-30(35-3)32-31(20-25)36-21-37-32/h4-6,11-20H,7-10,21H2,1-3H3. The fraction of sp³-hybridized carbons (Fsp3) is 0.250. The quantitative estimate of drug-likeness (QED) is 0.220. The van der Waals surface area contributed by atoms with Gasteiger partial charge in [-0.1, -0.05) is 30.3 Å². The maximum atomic E-state index is 6.24. The molecule has 0 N–H and O–H groups in total. The highest BCUT2D eigenvalue weighted by Crippen LogP contribution is 2.42. The van der Waals surface area contributed by atoms with Gasteiger partial charge >= 0.3 is 0 Å². The molecule has 0 bridgehead atoms. The maximum absolute atomic E-state index is 6.24. The van der Waals surface area contributed by atoms with Crippen LogP contribution in [-0.4, -0.2) is 28.1 Å². The van der Waals surface area contributed by atoms with Crippen LogP contribution in [0.3, 0.4) is 0 Å². The molecule has 0 atom stereocenters. The average Bonchev–Trinajstić information content (AvgIpc) is 3.44. The lowest BCUT2D eigenvalue weighted by molar-refractivity contribution is 0.171. The van der Waals surface area contributed by atoms with Crippen molar-refractivity contribution in [1.29, 1.82) is 0 Å². The van der Waals surface area contributed by atoms with Crippen LogP contribution in [0.25, 0.3) is 0 Å². The summed E-state index contributed by atoms with van der Waals surface area (Å²) in [6.07, 6.45) is 3.53. The van der Waals surface area contributed by atoms with E-state index in [1.54, 1.807) is 21.3 Å². The summed E-state index contributed by atoms with van der Waals surface area (Å²) in [5, 5.41) is 0. The van der Waals surface area contributed by atoms with Gasteiger partial charge in [0.2, 0.25) is 12.5 Å². The van der Waals surface area contributed by atoms with Crippen molar-refractivity contribution in [2.75, 3.05) is 28.1 Å². The Morgan fingerprint density at radius 2 is 1.24 bits per heavy atom. The third-order valence-electron chi connectivity index (χ3n) is 6.64. The number of benzene rings is 4. The van der Waals surface area contributed by atoms with Gasteiger partial charge < -0.3 is 28.4 Å². The minimum absolute atomic E-state index is 0.229. The second-order valence-corrected chi connectivity index (χ2v) is 9.11. The average molecular weight is 513 g/mol. The van der Waals surface area contributed by atoms with Crippen LogP contribution in [-0.2, 0) is 25.7 Å². The number of ether oxygens (including phenoxy) is 6. The Morgan fingerprint density at radius 3 is 2.00 bits per heavy atom. The van der Waals surface area contributed by atoms with Gasteiger partial charge in [0.1, 0.15) is 11.5 Å². The molecule has 0 aliphatic carbocycles. The predicted octanol–water partition coefficient (Wildman–Crippen LogP) is 6.80. The second-order valence-electron chi connectivity index (χ2n) is 9.11. The molecule has 0 radical (unpaired) electrons. The number of hydrogen-bond donors (Lipinski definition) is 0. The molecule has 1 aliphatic heterocycles. The number of hydrogen-bond acceptors (Lipinski definition) is 6. The maximum Gasteiger partial charge on any atom is 0.231 e. The van der Waals surface area contributed by atoms with E-state index in [1.807, 2.05) is 42.5 Å². The van der Waals surface area contributed by atoms with Crippen LogP contribution in [0.1, 0.15) is 22.3 Å². The highest BCUT2D eigenvalue weighted by Gasteiger charge is 2.20. The van der Waals surface area contributed by atoms with Gasteiger partial charge in [0.25, 0.3) is 0 Å².